The molecule has 5 nitrogen and oxygen atoms in total. The molecule has 2 N–H and O–H groups in total. The number of aryl methyl sites for hydroxylation is 1. The van der Waals surface area contributed by atoms with Crippen molar-refractivity contribution in [3.05, 3.63) is 17.6 Å². The van der Waals surface area contributed by atoms with Crippen LogP contribution in [0.25, 0.3) is 0 Å². The second-order valence-corrected chi connectivity index (χ2v) is 4.28. The minimum absolute atomic E-state index is 0.110. The van der Waals surface area contributed by atoms with E-state index in [0.29, 0.717) is 6.54 Å². The van der Waals surface area contributed by atoms with Gasteiger partial charge in [-0.05, 0) is 25.7 Å². The molecule has 0 radical (unpaired) electrons. The number of carboxylic acids is 1. The molecule has 1 aromatic rings. The maximum Gasteiger partial charge on any atom is 0.305 e. The third-order valence-electron chi connectivity index (χ3n) is 3.01. The van der Waals surface area contributed by atoms with Crippen molar-refractivity contribution in [1.82, 2.24) is 9.97 Å². The Morgan fingerprint density at radius 2 is 2.12 bits per heavy atom. The first-order valence-corrected chi connectivity index (χ1v) is 6.06. The van der Waals surface area contributed by atoms with E-state index in [2.05, 4.69) is 15.3 Å². The van der Waals surface area contributed by atoms with Gasteiger partial charge in [-0.25, -0.2) is 9.97 Å². The Morgan fingerprint density at radius 3 is 2.94 bits per heavy atom. The summed E-state index contributed by atoms with van der Waals surface area (Å²) in [5.41, 5.74) is 2.30. The average Bonchev–Trinajstić information content (AvgIpc) is 2.54. The number of anilines is 1. The van der Waals surface area contributed by atoms with Gasteiger partial charge in [-0.3, -0.25) is 4.79 Å². The van der Waals surface area contributed by atoms with Crippen LogP contribution >= 0.6 is 0 Å². The van der Waals surface area contributed by atoms with Crippen molar-refractivity contribution >= 4 is 11.8 Å². The van der Waals surface area contributed by atoms with Gasteiger partial charge in [0.15, 0.2) is 0 Å². The number of nitrogens with zero attached hydrogens (tertiary/aromatic N) is 2. The quantitative estimate of drug-likeness (QED) is 0.776. The van der Waals surface area contributed by atoms with Crippen LogP contribution in [0, 0.1) is 0 Å². The first-order valence-electron chi connectivity index (χ1n) is 6.06. The third kappa shape index (κ3) is 3.15. The lowest BCUT2D eigenvalue weighted by atomic mass is 10.1. The molecular formula is C12H17N3O2. The Hall–Kier alpha value is -1.65. The van der Waals surface area contributed by atoms with Crippen LogP contribution in [0.4, 0.5) is 5.82 Å². The van der Waals surface area contributed by atoms with Gasteiger partial charge in [0.2, 0.25) is 0 Å². The van der Waals surface area contributed by atoms with E-state index in [9.17, 15) is 4.79 Å². The Morgan fingerprint density at radius 1 is 1.29 bits per heavy atom. The largest absolute Gasteiger partial charge is 0.481 e. The Kier molecular flexibility index (Phi) is 3.90. The van der Waals surface area contributed by atoms with Crippen LogP contribution in [-0.4, -0.2) is 27.6 Å². The topological polar surface area (TPSA) is 75.1 Å². The molecule has 5 heteroatoms. The predicted molar refractivity (Wildman–Crippen MR) is 64.0 cm³/mol. The lowest BCUT2D eigenvalue weighted by Gasteiger charge is -2.11. The van der Waals surface area contributed by atoms with E-state index >= 15 is 0 Å². The molecule has 17 heavy (non-hydrogen) atoms. The molecule has 2 rings (SSSR count). The maximum absolute atomic E-state index is 10.5. The van der Waals surface area contributed by atoms with Gasteiger partial charge < -0.3 is 10.4 Å². The highest BCUT2D eigenvalue weighted by molar-refractivity contribution is 5.67. The molecule has 0 saturated carbocycles. The number of rotatable bonds is 4. The van der Waals surface area contributed by atoms with E-state index in [0.717, 1.165) is 30.8 Å². The third-order valence-corrected chi connectivity index (χ3v) is 3.01. The molecular weight excluding hydrogens is 218 g/mol. The first-order chi connectivity index (χ1) is 8.27. The van der Waals surface area contributed by atoms with Crippen molar-refractivity contribution < 1.29 is 9.90 Å². The standard InChI is InChI=1S/C12H17N3O2/c16-11(17)6-7-13-12-9-4-2-1-3-5-10(9)14-8-15-12/h8H,1-7H2,(H,16,17)(H,13,14,15). The van der Waals surface area contributed by atoms with Gasteiger partial charge in [-0.15, -0.1) is 0 Å². The normalized spacial score (nSPS) is 14.8. The summed E-state index contributed by atoms with van der Waals surface area (Å²) in [5, 5.41) is 11.7. The van der Waals surface area contributed by atoms with E-state index in [-0.39, 0.29) is 6.42 Å². The van der Waals surface area contributed by atoms with Crippen molar-refractivity contribution in [2.24, 2.45) is 0 Å². The van der Waals surface area contributed by atoms with Crippen molar-refractivity contribution in [3.8, 4) is 0 Å². The van der Waals surface area contributed by atoms with Crippen LogP contribution in [-0.2, 0) is 17.6 Å². The van der Waals surface area contributed by atoms with Gasteiger partial charge in [0.25, 0.3) is 0 Å². The molecule has 0 unspecified atom stereocenters. The van der Waals surface area contributed by atoms with Crippen LogP contribution in [0.5, 0.6) is 0 Å². The number of carboxylic acid groups (broad SMARTS) is 1. The van der Waals surface area contributed by atoms with Crippen molar-refractivity contribution in [3.63, 3.8) is 0 Å². The predicted octanol–water partition coefficient (Wildman–Crippen LogP) is 1.63. The lowest BCUT2D eigenvalue weighted by molar-refractivity contribution is -0.136. The zero-order valence-corrected chi connectivity index (χ0v) is 9.78. The van der Waals surface area contributed by atoms with Gasteiger partial charge in [0, 0.05) is 17.8 Å². The molecule has 0 saturated heterocycles. The summed E-state index contributed by atoms with van der Waals surface area (Å²) >= 11 is 0. The summed E-state index contributed by atoms with van der Waals surface area (Å²) in [6, 6.07) is 0. The number of aromatic nitrogens is 2. The highest BCUT2D eigenvalue weighted by Crippen LogP contribution is 2.23. The molecule has 0 spiro atoms. The number of fused-ring (bicyclic) bond motifs is 1. The molecule has 1 heterocycles. The fourth-order valence-electron chi connectivity index (χ4n) is 2.14. The van der Waals surface area contributed by atoms with Gasteiger partial charge in [-0.1, -0.05) is 6.42 Å². The summed E-state index contributed by atoms with van der Waals surface area (Å²) < 4.78 is 0. The molecule has 0 atom stereocenters. The van der Waals surface area contributed by atoms with Crippen LogP contribution in [0.3, 0.4) is 0 Å². The Labute approximate surface area is 100 Å². The molecule has 0 bridgehead atoms. The maximum atomic E-state index is 10.5. The fourth-order valence-corrected chi connectivity index (χ4v) is 2.14. The number of aliphatic carboxylic acids is 1. The van der Waals surface area contributed by atoms with Crippen molar-refractivity contribution in [2.75, 3.05) is 11.9 Å². The number of hydrogen-bond acceptors (Lipinski definition) is 4. The van der Waals surface area contributed by atoms with Crippen LogP contribution in [0.15, 0.2) is 6.33 Å². The van der Waals surface area contributed by atoms with Crippen LogP contribution in [0.2, 0.25) is 0 Å². The molecule has 0 aromatic carbocycles. The first kappa shape index (κ1) is 11.8. The summed E-state index contributed by atoms with van der Waals surface area (Å²) in [5.74, 6) is 0.0239. The van der Waals surface area contributed by atoms with E-state index in [1.165, 1.54) is 18.4 Å². The molecule has 0 aliphatic heterocycles. The average molecular weight is 235 g/mol. The SMILES string of the molecule is O=C(O)CCNc1ncnc2c1CCCCC2. The smallest absolute Gasteiger partial charge is 0.305 e. The van der Waals surface area contributed by atoms with Crippen LogP contribution in [0.1, 0.15) is 36.9 Å². The molecule has 92 valence electrons. The molecule has 0 fully saturated rings. The minimum atomic E-state index is -0.794. The summed E-state index contributed by atoms with van der Waals surface area (Å²) in [4.78, 5) is 19.0. The summed E-state index contributed by atoms with van der Waals surface area (Å²) in [6.07, 6.45) is 7.24. The monoisotopic (exact) mass is 235 g/mol. The molecule has 0 amide bonds. The van der Waals surface area contributed by atoms with Gasteiger partial charge in [0.05, 0.1) is 6.42 Å². The molecule has 1 aromatic heterocycles. The highest BCUT2D eigenvalue weighted by Gasteiger charge is 2.13. The minimum Gasteiger partial charge on any atom is -0.481 e. The molecule has 1 aliphatic carbocycles. The van der Waals surface area contributed by atoms with E-state index in [1.807, 2.05) is 0 Å². The number of nitrogens with one attached hydrogen (secondary N) is 1. The van der Waals surface area contributed by atoms with Gasteiger partial charge >= 0.3 is 5.97 Å². The molecule has 1 aliphatic rings. The second-order valence-electron chi connectivity index (χ2n) is 4.28. The van der Waals surface area contributed by atoms with Crippen LogP contribution < -0.4 is 5.32 Å². The zero-order chi connectivity index (χ0) is 12.1. The van der Waals surface area contributed by atoms with E-state index < -0.39 is 5.97 Å². The van der Waals surface area contributed by atoms with Gasteiger partial charge in [0.1, 0.15) is 12.1 Å². The fraction of sp³-hybridized carbons (Fsp3) is 0.583. The summed E-state index contributed by atoms with van der Waals surface area (Å²) in [6.45, 7) is 0.415. The second kappa shape index (κ2) is 5.61. The number of carbonyl (C=O) groups is 1. The zero-order valence-electron chi connectivity index (χ0n) is 9.78. The van der Waals surface area contributed by atoms with E-state index in [1.54, 1.807) is 6.33 Å². The van der Waals surface area contributed by atoms with Gasteiger partial charge in [-0.2, -0.15) is 0 Å². The van der Waals surface area contributed by atoms with Crippen molar-refractivity contribution in [2.45, 2.75) is 38.5 Å². The lowest BCUT2D eigenvalue weighted by Crippen LogP contribution is -2.12. The Balaban J connectivity index is 2.08. The highest BCUT2D eigenvalue weighted by atomic mass is 16.4. The summed E-state index contributed by atoms with van der Waals surface area (Å²) in [7, 11) is 0. The number of hydrogen-bond donors (Lipinski definition) is 2. The van der Waals surface area contributed by atoms with E-state index in [4.69, 9.17) is 5.11 Å². The van der Waals surface area contributed by atoms with Crippen molar-refractivity contribution in [1.29, 1.82) is 0 Å². The Bertz CT molecular complexity index is 407.